The van der Waals surface area contributed by atoms with Gasteiger partial charge in [-0.25, -0.2) is 13.1 Å². The Morgan fingerprint density at radius 2 is 1.42 bits per heavy atom. The molecular weight excluding hydrogens is 474 g/mol. The molecule has 3 aromatic rings. The van der Waals surface area contributed by atoms with E-state index in [1.807, 2.05) is 60.7 Å². The lowest BCUT2D eigenvalue weighted by molar-refractivity contribution is -0.141. The minimum Gasteiger partial charge on any atom is -0.357 e. The first kappa shape index (κ1) is 27.1. The lowest BCUT2D eigenvalue weighted by Gasteiger charge is -2.31. The molecule has 0 spiro atoms. The third kappa shape index (κ3) is 7.50. The molecule has 3 aromatic carbocycles. The smallest absolute Gasteiger partial charge is 0.242 e. The van der Waals surface area contributed by atoms with E-state index in [9.17, 15) is 18.0 Å². The van der Waals surface area contributed by atoms with Crippen LogP contribution in [-0.4, -0.2) is 44.8 Å². The minimum absolute atomic E-state index is 0.146. The van der Waals surface area contributed by atoms with Crippen molar-refractivity contribution in [2.45, 2.75) is 43.7 Å². The molecule has 0 saturated heterocycles. The third-order valence-corrected chi connectivity index (χ3v) is 7.47. The van der Waals surface area contributed by atoms with Crippen molar-refractivity contribution in [1.29, 1.82) is 0 Å². The Balaban J connectivity index is 1.80. The molecule has 8 heteroatoms. The van der Waals surface area contributed by atoms with Gasteiger partial charge >= 0.3 is 0 Å². The third-order valence-electron chi connectivity index (χ3n) is 5.91. The van der Waals surface area contributed by atoms with Crippen LogP contribution in [0.5, 0.6) is 0 Å². The summed E-state index contributed by atoms with van der Waals surface area (Å²) in [6, 6.07) is 25.1. The van der Waals surface area contributed by atoms with E-state index in [-0.39, 0.29) is 23.1 Å². The molecular formula is C28H33N3O4S. The van der Waals surface area contributed by atoms with E-state index in [0.29, 0.717) is 25.9 Å². The fourth-order valence-electron chi connectivity index (χ4n) is 4.00. The van der Waals surface area contributed by atoms with Crippen molar-refractivity contribution in [3.63, 3.8) is 0 Å². The van der Waals surface area contributed by atoms with Gasteiger partial charge in [0.1, 0.15) is 6.04 Å². The molecule has 0 aliphatic heterocycles. The monoisotopic (exact) mass is 507 g/mol. The number of carbonyl (C=O) groups is 2. The molecule has 0 aliphatic rings. The fourth-order valence-corrected chi connectivity index (χ4v) is 5.05. The zero-order chi connectivity index (χ0) is 26.0. The Morgan fingerprint density at radius 1 is 0.833 bits per heavy atom. The molecule has 2 N–H and O–H groups in total. The number of sulfonamides is 1. The van der Waals surface area contributed by atoms with Gasteiger partial charge in [-0.15, -0.1) is 0 Å². The molecule has 36 heavy (non-hydrogen) atoms. The van der Waals surface area contributed by atoms with Gasteiger partial charge in [-0.05, 0) is 35.2 Å². The average molecular weight is 508 g/mol. The van der Waals surface area contributed by atoms with Gasteiger partial charge in [-0.3, -0.25) is 9.59 Å². The van der Waals surface area contributed by atoms with Gasteiger partial charge < -0.3 is 10.2 Å². The quantitative estimate of drug-likeness (QED) is 0.393. The maximum atomic E-state index is 13.5. The van der Waals surface area contributed by atoms with Crippen molar-refractivity contribution in [2.75, 3.05) is 13.6 Å². The molecule has 7 nitrogen and oxygen atoms in total. The lowest BCUT2D eigenvalue weighted by atomic mass is 10.0. The zero-order valence-electron chi connectivity index (χ0n) is 20.7. The topological polar surface area (TPSA) is 95.6 Å². The molecule has 3 rings (SSSR count). The highest BCUT2D eigenvalue weighted by atomic mass is 32.2. The summed E-state index contributed by atoms with van der Waals surface area (Å²) in [4.78, 5) is 28.3. The van der Waals surface area contributed by atoms with E-state index in [4.69, 9.17) is 0 Å². The van der Waals surface area contributed by atoms with E-state index in [1.165, 1.54) is 0 Å². The maximum absolute atomic E-state index is 13.5. The number of rotatable bonds is 12. The van der Waals surface area contributed by atoms with E-state index in [1.54, 1.807) is 43.1 Å². The molecule has 0 bridgehead atoms. The SMILES string of the molecule is CCNS(=O)(=O)c1ccc(CCC(=O)N(Cc2ccccc2)[C@@H](Cc2ccccc2)C(=O)NC)cc1. The second kappa shape index (κ2) is 13.0. The van der Waals surface area contributed by atoms with Gasteiger partial charge in [0.15, 0.2) is 0 Å². The second-order valence-corrected chi connectivity index (χ2v) is 10.2. The predicted molar refractivity (Wildman–Crippen MR) is 141 cm³/mol. The molecule has 1 atom stereocenters. The molecule has 0 saturated carbocycles. The average Bonchev–Trinajstić information content (AvgIpc) is 2.90. The Kier molecular flexibility index (Phi) is 9.78. The number of carbonyl (C=O) groups excluding carboxylic acids is 2. The lowest BCUT2D eigenvalue weighted by Crippen LogP contribution is -2.49. The van der Waals surface area contributed by atoms with Crippen LogP contribution >= 0.6 is 0 Å². The van der Waals surface area contributed by atoms with Gasteiger partial charge in [-0.1, -0.05) is 79.7 Å². The molecule has 0 aliphatic carbocycles. The summed E-state index contributed by atoms with van der Waals surface area (Å²) in [5, 5.41) is 2.72. The van der Waals surface area contributed by atoms with Gasteiger partial charge in [-0.2, -0.15) is 0 Å². The van der Waals surface area contributed by atoms with Crippen molar-refractivity contribution in [1.82, 2.24) is 14.9 Å². The van der Waals surface area contributed by atoms with Gasteiger partial charge in [0.25, 0.3) is 0 Å². The van der Waals surface area contributed by atoms with Crippen LogP contribution in [0.1, 0.15) is 30.0 Å². The number of nitrogens with zero attached hydrogens (tertiary/aromatic N) is 1. The predicted octanol–water partition coefficient (Wildman–Crippen LogP) is 3.30. The highest BCUT2D eigenvalue weighted by molar-refractivity contribution is 7.89. The summed E-state index contributed by atoms with van der Waals surface area (Å²) < 4.78 is 26.8. The Bertz CT molecular complexity index is 1230. The molecule has 0 unspecified atom stereocenters. The number of nitrogens with one attached hydrogen (secondary N) is 2. The van der Waals surface area contributed by atoms with Crippen LogP contribution in [-0.2, 0) is 39.0 Å². The van der Waals surface area contributed by atoms with Crippen LogP contribution in [0.3, 0.4) is 0 Å². The van der Waals surface area contributed by atoms with Crippen LogP contribution in [0.4, 0.5) is 0 Å². The zero-order valence-corrected chi connectivity index (χ0v) is 21.5. The largest absolute Gasteiger partial charge is 0.357 e. The van der Waals surface area contributed by atoms with Crippen molar-refractivity contribution < 1.29 is 18.0 Å². The van der Waals surface area contributed by atoms with Crippen molar-refractivity contribution in [3.8, 4) is 0 Å². The molecule has 190 valence electrons. The van der Waals surface area contributed by atoms with E-state index in [0.717, 1.165) is 16.7 Å². The summed E-state index contributed by atoms with van der Waals surface area (Å²) in [7, 11) is -1.95. The highest BCUT2D eigenvalue weighted by Gasteiger charge is 2.29. The summed E-state index contributed by atoms with van der Waals surface area (Å²) >= 11 is 0. The number of hydrogen-bond donors (Lipinski definition) is 2. The molecule has 0 heterocycles. The summed E-state index contributed by atoms with van der Waals surface area (Å²) in [5.74, 6) is -0.367. The van der Waals surface area contributed by atoms with Gasteiger partial charge in [0.05, 0.1) is 4.90 Å². The Labute approximate surface area is 213 Å². The normalized spacial score (nSPS) is 12.1. The first-order chi connectivity index (χ1) is 17.3. The fraction of sp³-hybridized carbons (Fsp3) is 0.286. The first-order valence-corrected chi connectivity index (χ1v) is 13.5. The first-order valence-electron chi connectivity index (χ1n) is 12.0. The summed E-state index contributed by atoms with van der Waals surface area (Å²) in [6.45, 7) is 2.35. The molecule has 0 aromatic heterocycles. The highest BCUT2D eigenvalue weighted by Crippen LogP contribution is 2.18. The number of amides is 2. The number of benzene rings is 3. The van der Waals surface area contributed by atoms with Gasteiger partial charge in [0, 0.05) is 33.0 Å². The summed E-state index contributed by atoms with van der Waals surface area (Å²) in [6.07, 6.45) is 1.02. The minimum atomic E-state index is -3.53. The molecule has 2 amide bonds. The number of likely N-dealkylation sites (N-methyl/N-ethyl adjacent to an activating group) is 1. The van der Waals surface area contributed by atoms with Crippen LogP contribution < -0.4 is 10.0 Å². The Hall–Kier alpha value is -3.49. The van der Waals surface area contributed by atoms with Crippen LogP contribution in [0.25, 0.3) is 0 Å². The van der Waals surface area contributed by atoms with Gasteiger partial charge in [0.2, 0.25) is 21.8 Å². The number of aryl methyl sites for hydroxylation is 1. The van der Waals surface area contributed by atoms with Crippen molar-refractivity contribution >= 4 is 21.8 Å². The van der Waals surface area contributed by atoms with E-state index in [2.05, 4.69) is 10.0 Å². The van der Waals surface area contributed by atoms with E-state index >= 15 is 0 Å². The van der Waals surface area contributed by atoms with Crippen molar-refractivity contribution in [3.05, 3.63) is 102 Å². The van der Waals surface area contributed by atoms with Crippen LogP contribution in [0.2, 0.25) is 0 Å². The Morgan fingerprint density at radius 3 is 1.97 bits per heavy atom. The maximum Gasteiger partial charge on any atom is 0.242 e. The second-order valence-electron chi connectivity index (χ2n) is 8.47. The van der Waals surface area contributed by atoms with E-state index < -0.39 is 16.1 Å². The summed E-state index contributed by atoms with van der Waals surface area (Å²) in [5.41, 5.74) is 2.75. The van der Waals surface area contributed by atoms with Crippen LogP contribution in [0, 0.1) is 0 Å². The molecule has 0 radical (unpaired) electrons. The number of hydrogen-bond acceptors (Lipinski definition) is 4. The van der Waals surface area contributed by atoms with Crippen LogP contribution in [0.15, 0.2) is 89.8 Å². The standard InChI is InChI=1S/C28H33N3O4S/c1-3-30-36(34,35)25-17-14-22(15-18-25)16-19-27(32)31(21-24-12-8-5-9-13-24)26(28(33)29-2)20-23-10-6-4-7-11-23/h4-15,17-18,26,30H,3,16,19-21H2,1-2H3,(H,29,33)/t26-/m0/s1. The van der Waals surface area contributed by atoms with Crippen molar-refractivity contribution in [2.24, 2.45) is 0 Å². The molecule has 0 fully saturated rings.